The van der Waals surface area contributed by atoms with Gasteiger partial charge in [0.25, 0.3) is 0 Å². The second kappa shape index (κ2) is 14.2. The largest absolute Gasteiger partial charge is 0.497 e. The van der Waals surface area contributed by atoms with Crippen molar-refractivity contribution in [3.8, 4) is 17.2 Å². The maximum atomic E-state index is 12.0. The number of halogens is 1. The molecule has 178 valence electrons. The topological polar surface area (TPSA) is 98.2 Å². The van der Waals surface area contributed by atoms with Gasteiger partial charge in [0.15, 0.2) is 11.5 Å². The molecule has 0 atom stereocenters. The minimum Gasteiger partial charge on any atom is -0.497 e. The summed E-state index contributed by atoms with van der Waals surface area (Å²) in [6.07, 6.45) is 3.55. The van der Waals surface area contributed by atoms with Crippen LogP contribution in [0.15, 0.2) is 46.0 Å². The molecule has 0 unspecified atom stereocenters. The van der Waals surface area contributed by atoms with E-state index in [1.54, 1.807) is 37.4 Å². The van der Waals surface area contributed by atoms with Crippen LogP contribution in [0.2, 0.25) is 0 Å². The van der Waals surface area contributed by atoms with Crippen LogP contribution in [0, 0.1) is 0 Å². The molecular formula is C24H30BrN3O5. The van der Waals surface area contributed by atoms with Crippen molar-refractivity contribution in [2.24, 2.45) is 5.10 Å². The maximum absolute atomic E-state index is 12.0. The van der Waals surface area contributed by atoms with Crippen LogP contribution in [0.4, 0.5) is 5.69 Å². The highest BCUT2D eigenvalue weighted by molar-refractivity contribution is 9.10. The summed E-state index contributed by atoms with van der Waals surface area (Å²) < 4.78 is 17.3. The van der Waals surface area contributed by atoms with E-state index in [2.05, 4.69) is 38.7 Å². The van der Waals surface area contributed by atoms with Gasteiger partial charge < -0.3 is 19.5 Å². The number of carbonyl (C=O) groups excluding carboxylic acids is 2. The average molecular weight is 520 g/mol. The molecule has 0 saturated heterocycles. The number of anilines is 1. The van der Waals surface area contributed by atoms with Gasteiger partial charge in [0.05, 0.1) is 31.0 Å². The molecule has 2 aromatic rings. The van der Waals surface area contributed by atoms with Gasteiger partial charge in [-0.25, -0.2) is 5.43 Å². The van der Waals surface area contributed by atoms with Crippen molar-refractivity contribution in [1.29, 1.82) is 0 Å². The number of methoxy groups -OCH3 is 1. The predicted octanol–water partition coefficient (Wildman–Crippen LogP) is 4.90. The zero-order valence-electron chi connectivity index (χ0n) is 19.2. The predicted molar refractivity (Wildman–Crippen MR) is 132 cm³/mol. The molecule has 0 heterocycles. The quantitative estimate of drug-likeness (QED) is 0.222. The third-order valence-electron chi connectivity index (χ3n) is 4.43. The van der Waals surface area contributed by atoms with Gasteiger partial charge in [0, 0.05) is 18.5 Å². The fourth-order valence-electron chi connectivity index (χ4n) is 2.74. The number of nitrogens with one attached hydrogen (secondary N) is 2. The van der Waals surface area contributed by atoms with Gasteiger partial charge in [-0.3, -0.25) is 9.59 Å². The lowest BCUT2D eigenvalue weighted by atomic mass is 10.2. The van der Waals surface area contributed by atoms with E-state index in [1.807, 2.05) is 13.0 Å². The first-order chi connectivity index (χ1) is 16.0. The molecule has 33 heavy (non-hydrogen) atoms. The maximum Gasteiger partial charge on any atom is 0.240 e. The first-order valence-corrected chi connectivity index (χ1v) is 11.6. The van der Waals surface area contributed by atoms with Crippen molar-refractivity contribution in [3.05, 3.63) is 46.4 Å². The smallest absolute Gasteiger partial charge is 0.240 e. The summed E-state index contributed by atoms with van der Waals surface area (Å²) >= 11 is 3.51. The van der Waals surface area contributed by atoms with E-state index in [-0.39, 0.29) is 24.7 Å². The van der Waals surface area contributed by atoms with Gasteiger partial charge in [0.2, 0.25) is 11.8 Å². The summed E-state index contributed by atoms with van der Waals surface area (Å²) in [5, 5.41) is 6.72. The Bertz CT molecular complexity index is 948. The molecular weight excluding hydrogens is 490 g/mol. The van der Waals surface area contributed by atoms with Gasteiger partial charge in [-0.15, -0.1) is 0 Å². The van der Waals surface area contributed by atoms with E-state index in [0.29, 0.717) is 36.1 Å². The fraction of sp³-hybridized carbons (Fsp3) is 0.375. The summed E-state index contributed by atoms with van der Waals surface area (Å²) in [5.74, 6) is 1.33. The molecule has 2 aromatic carbocycles. The molecule has 0 aliphatic carbocycles. The van der Waals surface area contributed by atoms with Crippen LogP contribution in [0.25, 0.3) is 0 Å². The van der Waals surface area contributed by atoms with E-state index in [4.69, 9.17) is 14.2 Å². The fourth-order valence-corrected chi connectivity index (χ4v) is 3.32. The summed E-state index contributed by atoms with van der Waals surface area (Å²) in [6.45, 7) is 5.09. The highest BCUT2D eigenvalue weighted by atomic mass is 79.9. The summed E-state index contributed by atoms with van der Waals surface area (Å²) in [5.41, 5.74) is 3.80. The van der Waals surface area contributed by atoms with Crippen LogP contribution in [0.3, 0.4) is 0 Å². The summed E-state index contributed by atoms with van der Waals surface area (Å²) in [7, 11) is 1.57. The lowest BCUT2D eigenvalue weighted by Crippen LogP contribution is -2.20. The lowest BCUT2D eigenvalue weighted by Gasteiger charge is -2.14. The second-order valence-corrected chi connectivity index (χ2v) is 7.89. The van der Waals surface area contributed by atoms with Crippen molar-refractivity contribution < 1.29 is 23.8 Å². The van der Waals surface area contributed by atoms with Gasteiger partial charge >= 0.3 is 0 Å². The third kappa shape index (κ3) is 9.13. The van der Waals surface area contributed by atoms with Crippen molar-refractivity contribution in [3.63, 3.8) is 0 Å². The van der Waals surface area contributed by atoms with E-state index in [1.165, 1.54) is 6.21 Å². The number of amides is 2. The number of unbranched alkanes of at least 4 members (excludes halogenated alkanes) is 1. The Morgan fingerprint density at radius 3 is 2.45 bits per heavy atom. The Morgan fingerprint density at radius 2 is 1.79 bits per heavy atom. The Hall–Kier alpha value is -3.07. The molecule has 0 radical (unpaired) electrons. The van der Waals surface area contributed by atoms with Gasteiger partial charge in [-0.2, -0.15) is 5.10 Å². The number of rotatable bonds is 13. The van der Waals surface area contributed by atoms with Crippen LogP contribution < -0.4 is 25.0 Å². The molecule has 0 aliphatic heterocycles. The minimum atomic E-state index is -0.361. The molecule has 0 aliphatic rings. The van der Waals surface area contributed by atoms with Crippen molar-refractivity contribution in [2.75, 3.05) is 25.6 Å². The van der Waals surface area contributed by atoms with E-state index in [0.717, 1.165) is 22.9 Å². The normalized spacial score (nSPS) is 10.7. The molecule has 2 amide bonds. The molecule has 8 nitrogen and oxygen atoms in total. The van der Waals surface area contributed by atoms with E-state index in [9.17, 15) is 9.59 Å². The van der Waals surface area contributed by atoms with Crippen molar-refractivity contribution >= 4 is 39.6 Å². The zero-order valence-corrected chi connectivity index (χ0v) is 20.7. The number of hydrogen-bond acceptors (Lipinski definition) is 6. The Balaban J connectivity index is 1.86. The third-order valence-corrected chi connectivity index (χ3v) is 5.02. The monoisotopic (exact) mass is 519 g/mol. The second-order valence-electron chi connectivity index (χ2n) is 7.03. The van der Waals surface area contributed by atoms with E-state index < -0.39 is 0 Å². The Labute approximate surface area is 202 Å². The zero-order chi connectivity index (χ0) is 24.1. The highest BCUT2D eigenvalue weighted by Gasteiger charge is 2.12. The van der Waals surface area contributed by atoms with Crippen LogP contribution >= 0.6 is 15.9 Å². The van der Waals surface area contributed by atoms with Crippen molar-refractivity contribution in [1.82, 2.24) is 5.43 Å². The summed E-state index contributed by atoms with van der Waals surface area (Å²) in [4.78, 5) is 24.1. The molecule has 2 N–H and O–H groups in total. The molecule has 0 aromatic heterocycles. The number of carbonyl (C=O) groups is 2. The van der Waals surface area contributed by atoms with Crippen LogP contribution in [0.1, 0.15) is 45.1 Å². The number of hydrazone groups is 1. The Morgan fingerprint density at radius 1 is 1.06 bits per heavy atom. The first kappa shape index (κ1) is 26.2. The molecule has 0 saturated carbocycles. The molecule has 2 rings (SSSR count). The molecule has 9 heteroatoms. The number of benzene rings is 2. The SMILES string of the molecule is CCCCOc1c(Br)cc(C=NNC(=O)CCC(=O)Nc2ccc(OC)cc2)cc1OCC. The van der Waals surface area contributed by atoms with Crippen LogP contribution in [0.5, 0.6) is 17.2 Å². The Kier molecular flexibility index (Phi) is 11.2. The standard InChI is InChI=1S/C24H30BrN3O5/c1-4-6-13-33-24-20(25)14-17(15-21(24)32-5-2)16-26-28-23(30)12-11-22(29)27-18-7-9-19(31-3)10-8-18/h7-10,14-16H,4-6,11-13H2,1-3H3,(H,27,29)(H,28,30). The number of hydrogen-bond donors (Lipinski definition) is 2. The highest BCUT2D eigenvalue weighted by Crippen LogP contribution is 2.36. The molecule has 0 spiro atoms. The average Bonchev–Trinajstić information content (AvgIpc) is 2.80. The van der Waals surface area contributed by atoms with Gasteiger partial charge in [-0.05, 0) is 71.2 Å². The van der Waals surface area contributed by atoms with Crippen molar-refractivity contribution in [2.45, 2.75) is 39.5 Å². The van der Waals surface area contributed by atoms with Gasteiger partial charge in [0.1, 0.15) is 5.75 Å². The minimum absolute atomic E-state index is 0.0113. The molecule has 0 bridgehead atoms. The number of nitrogens with zero attached hydrogens (tertiary/aromatic N) is 1. The molecule has 0 fully saturated rings. The van der Waals surface area contributed by atoms with E-state index >= 15 is 0 Å². The van der Waals surface area contributed by atoms with Crippen LogP contribution in [-0.4, -0.2) is 38.4 Å². The van der Waals surface area contributed by atoms with Gasteiger partial charge in [-0.1, -0.05) is 13.3 Å². The number of ether oxygens (including phenoxy) is 3. The lowest BCUT2D eigenvalue weighted by molar-refractivity contribution is -0.124. The first-order valence-electron chi connectivity index (χ1n) is 10.8. The summed E-state index contributed by atoms with van der Waals surface area (Å²) in [6, 6.07) is 10.6. The van der Waals surface area contributed by atoms with Crippen LogP contribution in [-0.2, 0) is 9.59 Å².